The van der Waals surface area contributed by atoms with Crippen LogP contribution in [0.1, 0.15) is 18.5 Å². The molecule has 1 aromatic carbocycles. The van der Waals surface area contributed by atoms with Crippen molar-refractivity contribution < 1.29 is 17.9 Å². The lowest BCUT2D eigenvalue weighted by Gasteiger charge is -2.23. The Morgan fingerprint density at radius 2 is 2.23 bits per heavy atom. The molecule has 1 unspecified atom stereocenters. The molecule has 2 heterocycles. The Morgan fingerprint density at radius 3 is 2.92 bits per heavy atom. The second-order valence-corrected chi connectivity index (χ2v) is 9.52. The van der Waals surface area contributed by atoms with Gasteiger partial charge in [-0.15, -0.1) is 11.3 Å². The van der Waals surface area contributed by atoms with E-state index in [2.05, 4.69) is 4.98 Å². The Kier molecular flexibility index (Phi) is 5.62. The Balaban J connectivity index is 1.58. The van der Waals surface area contributed by atoms with Crippen LogP contribution >= 0.6 is 11.3 Å². The van der Waals surface area contributed by atoms with Crippen LogP contribution in [0.3, 0.4) is 0 Å². The maximum absolute atomic E-state index is 12.4. The molecule has 0 N–H and O–H groups in total. The number of hydrogen-bond acceptors (Lipinski definition) is 6. The molecule has 0 aliphatic carbocycles. The molecule has 1 saturated heterocycles. The predicted octanol–water partition coefficient (Wildman–Crippen LogP) is 2.40. The molecule has 26 heavy (non-hydrogen) atoms. The predicted molar refractivity (Wildman–Crippen MR) is 102 cm³/mol. The summed E-state index contributed by atoms with van der Waals surface area (Å²) in [6, 6.07) is 7.52. The van der Waals surface area contributed by atoms with Crippen molar-refractivity contribution in [1.29, 1.82) is 0 Å². The Bertz CT molecular complexity index is 892. The summed E-state index contributed by atoms with van der Waals surface area (Å²) in [5.41, 5.74) is 1.86. The van der Waals surface area contributed by atoms with Crippen molar-refractivity contribution in [3.63, 3.8) is 0 Å². The third-order valence-corrected chi connectivity index (χ3v) is 7.30. The van der Waals surface area contributed by atoms with Gasteiger partial charge >= 0.3 is 0 Å². The van der Waals surface area contributed by atoms with Crippen LogP contribution in [0.5, 0.6) is 5.75 Å². The molecule has 8 heteroatoms. The van der Waals surface area contributed by atoms with Gasteiger partial charge in [-0.2, -0.15) is 0 Å². The molecule has 1 aromatic heterocycles. The zero-order valence-corrected chi connectivity index (χ0v) is 16.5. The van der Waals surface area contributed by atoms with E-state index in [9.17, 15) is 13.2 Å². The average molecular weight is 395 g/mol. The van der Waals surface area contributed by atoms with E-state index in [4.69, 9.17) is 4.74 Å². The van der Waals surface area contributed by atoms with Crippen molar-refractivity contribution in [2.45, 2.75) is 25.3 Å². The summed E-state index contributed by atoms with van der Waals surface area (Å²) in [6.45, 7) is 0. The van der Waals surface area contributed by atoms with Crippen molar-refractivity contribution in [1.82, 2.24) is 9.88 Å². The summed E-state index contributed by atoms with van der Waals surface area (Å²) < 4.78 is 28.4. The number of sulfone groups is 1. The molecule has 1 atom stereocenters. The number of methoxy groups -OCH3 is 1. The fourth-order valence-corrected chi connectivity index (χ4v) is 5.63. The van der Waals surface area contributed by atoms with Gasteiger partial charge in [0.25, 0.3) is 0 Å². The monoisotopic (exact) mass is 394 g/mol. The minimum Gasteiger partial charge on any atom is -0.497 e. The van der Waals surface area contributed by atoms with Gasteiger partial charge in [0.05, 0.1) is 24.3 Å². The smallest absolute Gasteiger partial charge is 0.222 e. The van der Waals surface area contributed by atoms with Gasteiger partial charge in [0.2, 0.25) is 5.91 Å². The van der Waals surface area contributed by atoms with Gasteiger partial charge in [0.1, 0.15) is 10.8 Å². The Morgan fingerprint density at radius 1 is 1.42 bits per heavy atom. The number of nitrogens with zero attached hydrogens (tertiary/aromatic N) is 2. The molecule has 1 aliphatic heterocycles. The summed E-state index contributed by atoms with van der Waals surface area (Å²) in [7, 11) is 0.331. The number of thiazole rings is 1. The van der Waals surface area contributed by atoms with Crippen molar-refractivity contribution in [3.8, 4) is 16.3 Å². The Labute approximate surface area is 157 Å². The minimum absolute atomic E-state index is 0.0389. The number of carbonyl (C=O) groups excluding carboxylic acids is 1. The maximum Gasteiger partial charge on any atom is 0.222 e. The molecule has 1 aliphatic rings. The van der Waals surface area contributed by atoms with Gasteiger partial charge in [-0.1, -0.05) is 12.1 Å². The number of benzene rings is 1. The molecule has 1 amide bonds. The molecule has 6 nitrogen and oxygen atoms in total. The summed E-state index contributed by atoms with van der Waals surface area (Å²) in [5.74, 6) is 0.989. The Hall–Kier alpha value is -1.93. The van der Waals surface area contributed by atoms with Crippen LogP contribution in [-0.4, -0.2) is 55.9 Å². The molecule has 0 saturated carbocycles. The van der Waals surface area contributed by atoms with Crippen LogP contribution in [-0.2, 0) is 21.1 Å². The van der Waals surface area contributed by atoms with Gasteiger partial charge in [0.15, 0.2) is 9.84 Å². The fourth-order valence-electron chi connectivity index (χ4n) is 3.01. The summed E-state index contributed by atoms with van der Waals surface area (Å²) in [6.07, 6.45) is 1.40. The number of aryl methyl sites for hydroxylation is 1. The number of ether oxygens (including phenoxy) is 1. The lowest BCUT2D eigenvalue weighted by molar-refractivity contribution is -0.131. The highest BCUT2D eigenvalue weighted by Gasteiger charge is 2.32. The van der Waals surface area contributed by atoms with Crippen LogP contribution in [0.15, 0.2) is 29.6 Å². The van der Waals surface area contributed by atoms with Gasteiger partial charge in [-0.25, -0.2) is 13.4 Å². The van der Waals surface area contributed by atoms with Crippen LogP contribution in [0.4, 0.5) is 0 Å². The highest BCUT2D eigenvalue weighted by molar-refractivity contribution is 7.91. The van der Waals surface area contributed by atoms with Gasteiger partial charge < -0.3 is 9.64 Å². The van der Waals surface area contributed by atoms with Crippen molar-refractivity contribution in [2.75, 3.05) is 25.7 Å². The number of amides is 1. The molecule has 3 rings (SSSR count). The van der Waals surface area contributed by atoms with E-state index < -0.39 is 9.84 Å². The molecule has 1 fully saturated rings. The number of carbonyl (C=O) groups is 1. The molecular formula is C18H22N2O4S2. The summed E-state index contributed by atoms with van der Waals surface area (Å²) >= 11 is 1.54. The zero-order valence-electron chi connectivity index (χ0n) is 14.8. The first kappa shape index (κ1) is 18.8. The van der Waals surface area contributed by atoms with Crippen LogP contribution < -0.4 is 4.74 Å². The van der Waals surface area contributed by atoms with Crippen LogP contribution in [0.25, 0.3) is 10.6 Å². The van der Waals surface area contributed by atoms with Crippen LogP contribution in [0.2, 0.25) is 0 Å². The fraction of sp³-hybridized carbons (Fsp3) is 0.444. The van der Waals surface area contributed by atoms with Crippen molar-refractivity contribution in [3.05, 3.63) is 35.3 Å². The van der Waals surface area contributed by atoms with Gasteiger partial charge in [-0.3, -0.25) is 4.79 Å². The van der Waals surface area contributed by atoms with E-state index in [1.54, 1.807) is 19.1 Å². The van der Waals surface area contributed by atoms with Gasteiger partial charge in [-0.05, 0) is 25.0 Å². The van der Waals surface area contributed by atoms with E-state index in [1.165, 1.54) is 11.3 Å². The molecule has 0 radical (unpaired) electrons. The maximum atomic E-state index is 12.4. The van der Waals surface area contributed by atoms with Crippen molar-refractivity contribution in [2.24, 2.45) is 0 Å². The van der Waals surface area contributed by atoms with E-state index in [-0.39, 0.29) is 23.5 Å². The number of rotatable bonds is 6. The molecule has 2 aromatic rings. The molecular weight excluding hydrogens is 372 g/mol. The first-order chi connectivity index (χ1) is 12.4. The molecule has 0 bridgehead atoms. The highest BCUT2D eigenvalue weighted by atomic mass is 32.2. The largest absolute Gasteiger partial charge is 0.497 e. The zero-order chi connectivity index (χ0) is 18.7. The summed E-state index contributed by atoms with van der Waals surface area (Å²) in [5, 5.41) is 2.85. The highest BCUT2D eigenvalue weighted by Crippen LogP contribution is 2.27. The third-order valence-electron chi connectivity index (χ3n) is 4.61. The molecule has 140 valence electrons. The van der Waals surface area contributed by atoms with E-state index in [1.807, 2.05) is 29.6 Å². The minimum atomic E-state index is -2.99. The van der Waals surface area contributed by atoms with Crippen LogP contribution in [0, 0.1) is 0 Å². The normalized spacial score (nSPS) is 18.6. The van der Waals surface area contributed by atoms with E-state index in [0.717, 1.165) is 22.0 Å². The standard InChI is InChI=1S/C18H22N2O4S2/c1-20(15-8-9-26(22,23)12-15)17(21)7-6-14-11-25-18(19-14)13-4-3-5-16(10-13)24-2/h3-5,10-11,15H,6-9,12H2,1-2H3. The SMILES string of the molecule is COc1cccc(-c2nc(CCC(=O)N(C)C3CCS(=O)(=O)C3)cs2)c1. The van der Waals surface area contributed by atoms with E-state index in [0.29, 0.717) is 19.3 Å². The quantitative estimate of drug-likeness (QED) is 0.752. The second kappa shape index (κ2) is 7.75. The van der Waals surface area contributed by atoms with Gasteiger partial charge in [0, 0.05) is 30.5 Å². The molecule has 0 spiro atoms. The first-order valence-corrected chi connectivity index (χ1v) is 11.1. The van der Waals surface area contributed by atoms with Crippen molar-refractivity contribution >= 4 is 27.1 Å². The average Bonchev–Trinajstić information content (AvgIpc) is 3.25. The lowest BCUT2D eigenvalue weighted by Crippen LogP contribution is -2.37. The topological polar surface area (TPSA) is 76.6 Å². The summed E-state index contributed by atoms with van der Waals surface area (Å²) in [4.78, 5) is 18.6. The lowest BCUT2D eigenvalue weighted by atomic mass is 10.2. The number of aromatic nitrogens is 1. The van der Waals surface area contributed by atoms with E-state index >= 15 is 0 Å². The second-order valence-electron chi connectivity index (χ2n) is 6.44. The number of hydrogen-bond donors (Lipinski definition) is 0. The first-order valence-electron chi connectivity index (χ1n) is 8.43. The third kappa shape index (κ3) is 4.42.